The summed E-state index contributed by atoms with van der Waals surface area (Å²) in [5, 5.41) is 11.1. The van der Waals surface area contributed by atoms with Crippen LogP contribution in [0.15, 0.2) is 43.9 Å². The van der Waals surface area contributed by atoms with Crippen molar-refractivity contribution in [3.05, 3.63) is 46.5 Å². The fourth-order valence-electron chi connectivity index (χ4n) is 1.84. The first kappa shape index (κ1) is 9.91. The molecule has 0 fully saturated rings. The predicted octanol–water partition coefficient (Wildman–Crippen LogP) is 2.77. The molecule has 2 aromatic heterocycles. The van der Waals surface area contributed by atoms with Gasteiger partial charge in [-0.25, -0.2) is 4.79 Å². The average molecular weight is 245 g/mol. The van der Waals surface area contributed by atoms with Crippen molar-refractivity contribution in [2.45, 2.75) is 19.4 Å². The maximum atomic E-state index is 11.3. The Labute approximate surface area is 104 Å². The van der Waals surface area contributed by atoms with Gasteiger partial charge < -0.3 is 13.9 Å². The minimum atomic E-state index is -1.27. The van der Waals surface area contributed by atoms with Gasteiger partial charge in [0.05, 0.1) is 6.76 Å². The maximum absolute atomic E-state index is 11.3. The van der Waals surface area contributed by atoms with Crippen LogP contribution in [0.1, 0.15) is 21.0 Å². The standard InChI is InChI=1S/C14H12O4/c1-14(2,16)11-7-9-10(17-11)5-3-8-4-6-12(15)18-13(8)9/h3-7,16H,1-2H3/i7D. The Morgan fingerprint density at radius 3 is 2.67 bits per heavy atom. The van der Waals surface area contributed by atoms with Gasteiger partial charge in [-0.15, -0.1) is 0 Å². The molecule has 0 aliphatic carbocycles. The zero-order chi connectivity index (χ0) is 13.8. The van der Waals surface area contributed by atoms with Crippen LogP contribution in [0.2, 0.25) is 0 Å². The van der Waals surface area contributed by atoms with Gasteiger partial charge in [-0.3, -0.25) is 0 Å². The van der Waals surface area contributed by atoms with Gasteiger partial charge in [-0.05, 0) is 38.1 Å². The molecule has 18 heavy (non-hydrogen) atoms. The highest BCUT2D eigenvalue weighted by atomic mass is 16.4. The van der Waals surface area contributed by atoms with Gasteiger partial charge in [0.1, 0.15) is 22.5 Å². The SMILES string of the molecule is [2H]c1c(C(C)(C)O)oc2ccc3ccc(=O)oc3c12. The van der Waals surface area contributed by atoms with Crippen LogP contribution in [0.4, 0.5) is 0 Å². The van der Waals surface area contributed by atoms with E-state index in [9.17, 15) is 9.90 Å². The molecule has 92 valence electrons. The van der Waals surface area contributed by atoms with E-state index in [0.29, 0.717) is 21.9 Å². The lowest BCUT2D eigenvalue weighted by Crippen LogP contribution is -2.13. The molecule has 0 atom stereocenters. The molecule has 0 amide bonds. The molecule has 0 unspecified atom stereocenters. The van der Waals surface area contributed by atoms with Crippen LogP contribution >= 0.6 is 0 Å². The lowest BCUT2D eigenvalue weighted by Gasteiger charge is -2.12. The van der Waals surface area contributed by atoms with Gasteiger partial charge in [0.25, 0.3) is 0 Å². The highest BCUT2D eigenvalue weighted by molar-refractivity contribution is 6.02. The van der Waals surface area contributed by atoms with Crippen molar-refractivity contribution in [3.63, 3.8) is 0 Å². The number of aliphatic hydroxyl groups is 1. The first-order valence-corrected chi connectivity index (χ1v) is 5.57. The monoisotopic (exact) mass is 245 g/mol. The average Bonchev–Trinajstić information content (AvgIpc) is 2.67. The smallest absolute Gasteiger partial charge is 0.336 e. The summed E-state index contributed by atoms with van der Waals surface area (Å²) in [5.74, 6) is 0.154. The van der Waals surface area contributed by atoms with Crippen molar-refractivity contribution in [1.29, 1.82) is 0 Å². The van der Waals surface area contributed by atoms with E-state index < -0.39 is 11.2 Å². The molecule has 0 aliphatic heterocycles. The molecule has 0 saturated carbocycles. The van der Waals surface area contributed by atoms with Crippen LogP contribution < -0.4 is 5.63 Å². The van der Waals surface area contributed by atoms with Crippen molar-refractivity contribution in [1.82, 2.24) is 0 Å². The van der Waals surface area contributed by atoms with E-state index in [1.807, 2.05) is 0 Å². The van der Waals surface area contributed by atoms with Crippen LogP contribution in [0.3, 0.4) is 0 Å². The number of benzene rings is 1. The second-order valence-electron chi connectivity index (χ2n) is 4.73. The summed E-state index contributed by atoms with van der Waals surface area (Å²) in [6, 6.07) is 6.45. The third-order valence-electron chi connectivity index (χ3n) is 2.76. The zero-order valence-electron chi connectivity index (χ0n) is 11.0. The molecule has 2 heterocycles. The molecule has 4 heteroatoms. The Bertz CT molecular complexity index is 836. The first-order valence-electron chi connectivity index (χ1n) is 6.07. The van der Waals surface area contributed by atoms with Crippen molar-refractivity contribution in [2.75, 3.05) is 0 Å². The summed E-state index contributed by atoms with van der Waals surface area (Å²) in [7, 11) is 0. The number of furan rings is 1. The number of rotatable bonds is 1. The molecule has 3 rings (SSSR count). The fraction of sp³-hybridized carbons (Fsp3) is 0.214. The second kappa shape index (κ2) is 3.46. The Balaban J connectivity index is 2.52. The van der Waals surface area contributed by atoms with E-state index >= 15 is 0 Å². The molecule has 1 aromatic carbocycles. The van der Waals surface area contributed by atoms with Crippen LogP contribution in [0.25, 0.3) is 21.9 Å². The number of hydrogen-bond donors (Lipinski definition) is 1. The maximum Gasteiger partial charge on any atom is 0.336 e. The molecule has 1 N–H and O–H groups in total. The van der Waals surface area contributed by atoms with Gasteiger partial charge >= 0.3 is 5.63 Å². The van der Waals surface area contributed by atoms with Crippen molar-refractivity contribution in [3.8, 4) is 0 Å². The van der Waals surface area contributed by atoms with E-state index in [4.69, 9.17) is 10.2 Å². The van der Waals surface area contributed by atoms with Crippen LogP contribution in [-0.4, -0.2) is 5.11 Å². The lowest BCUT2D eigenvalue weighted by molar-refractivity contribution is 0.0559. The Kier molecular flexibility index (Phi) is 1.91. The molecule has 0 saturated heterocycles. The summed E-state index contributed by atoms with van der Waals surface area (Å²) >= 11 is 0. The highest BCUT2D eigenvalue weighted by Crippen LogP contribution is 2.31. The van der Waals surface area contributed by atoms with E-state index in [2.05, 4.69) is 0 Å². The highest BCUT2D eigenvalue weighted by Gasteiger charge is 2.22. The summed E-state index contributed by atoms with van der Waals surface area (Å²) in [6.45, 7) is 3.09. The summed E-state index contributed by atoms with van der Waals surface area (Å²) in [5.41, 5.74) is -1.01. The largest absolute Gasteiger partial charge is 0.458 e. The Morgan fingerprint density at radius 1 is 1.22 bits per heavy atom. The Hall–Kier alpha value is -2.07. The summed E-state index contributed by atoms with van der Waals surface area (Å²) < 4.78 is 18.8. The van der Waals surface area contributed by atoms with Crippen molar-refractivity contribution in [2.24, 2.45) is 0 Å². The molecule has 0 aliphatic rings. The van der Waals surface area contributed by atoms with Crippen molar-refractivity contribution >= 4 is 21.9 Å². The van der Waals surface area contributed by atoms with E-state index in [0.717, 1.165) is 0 Å². The normalized spacial score (nSPS) is 13.2. The quantitative estimate of drug-likeness (QED) is 0.669. The molecule has 4 nitrogen and oxygen atoms in total. The van der Waals surface area contributed by atoms with E-state index in [1.54, 1.807) is 32.0 Å². The zero-order valence-corrected chi connectivity index (χ0v) is 9.98. The van der Waals surface area contributed by atoms with Crippen LogP contribution in [0, 0.1) is 0 Å². The number of hydrogen-bond acceptors (Lipinski definition) is 4. The topological polar surface area (TPSA) is 63.6 Å². The molecule has 0 spiro atoms. The summed E-state index contributed by atoms with van der Waals surface area (Å²) in [6.07, 6.45) is 0. The van der Waals surface area contributed by atoms with Gasteiger partial charge in [-0.2, -0.15) is 0 Å². The molecular weight excluding hydrogens is 232 g/mol. The fourth-order valence-corrected chi connectivity index (χ4v) is 1.84. The minimum Gasteiger partial charge on any atom is -0.458 e. The van der Waals surface area contributed by atoms with Gasteiger partial charge in [0.15, 0.2) is 0 Å². The lowest BCUT2D eigenvalue weighted by atomic mass is 10.1. The predicted molar refractivity (Wildman–Crippen MR) is 67.5 cm³/mol. The van der Waals surface area contributed by atoms with Crippen LogP contribution in [0.5, 0.6) is 0 Å². The third kappa shape index (κ3) is 1.62. The minimum absolute atomic E-state index is 0.0439. The van der Waals surface area contributed by atoms with E-state index in [-0.39, 0.29) is 11.8 Å². The molecule has 3 aromatic rings. The third-order valence-corrected chi connectivity index (χ3v) is 2.76. The van der Waals surface area contributed by atoms with Crippen LogP contribution in [-0.2, 0) is 5.60 Å². The number of fused-ring (bicyclic) bond motifs is 3. The van der Waals surface area contributed by atoms with Gasteiger partial charge in [-0.1, -0.05) is 0 Å². The Morgan fingerprint density at radius 2 is 1.94 bits per heavy atom. The second-order valence-corrected chi connectivity index (χ2v) is 4.73. The van der Waals surface area contributed by atoms with Gasteiger partial charge in [0.2, 0.25) is 0 Å². The summed E-state index contributed by atoms with van der Waals surface area (Å²) in [4.78, 5) is 11.3. The first-order chi connectivity index (χ1) is 8.88. The van der Waals surface area contributed by atoms with Crippen molar-refractivity contribution < 1.29 is 15.3 Å². The van der Waals surface area contributed by atoms with Gasteiger partial charge in [0, 0.05) is 11.5 Å². The molecule has 0 bridgehead atoms. The molecule has 0 radical (unpaired) electrons. The molecular formula is C14H12O4. The van der Waals surface area contributed by atoms with E-state index in [1.165, 1.54) is 6.07 Å².